The van der Waals surface area contributed by atoms with Gasteiger partial charge in [0.1, 0.15) is 0 Å². The van der Waals surface area contributed by atoms with Gasteiger partial charge in [0.2, 0.25) is 0 Å². The van der Waals surface area contributed by atoms with Gasteiger partial charge < -0.3 is 6.42 Å². The molecule has 0 aromatic rings. The van der Waals surface area contributed by atoms with Gasteiger partial charge in [-0.1, -0.05) is 22.4 Å². The van der Waals surface area contributed by atoms with Gasteiger partial charge in [-0.05, 0) is 11.2 Å². The third-order valence-electron chi connectivity index (χ3n) is 1.35. The van der Waals surface area contributed by atoms with Crippen LogP contribution in [0.3, 0.4) is 0 Å². The molecule has 1 fully saturated rings. The summed E-state index contributed by atoms with van der Waals surface area (Å²) in [5.41, 5.74) is 0. The minimum Gasteiger partial charge on any atom is -0.327 e. The molecule has 0 nitrogen and oxygen atoms in total. The van der Waals surface area contributed by atoms with E-state index in [0.29, 0.717) is 0 Å². The van der Waals surface area contributed by atoms with Crippen molar-refractivity contribution in [1.29, 1.82) is 0 Å². The van der Waals surface area contributed by atoms with E-state index in [0.717, 1.165) is 4.83 Å². The second-order valence-electron chi connectivity index (χ2n) is 2.05. The zero-order chi connectivity index (χ0) is 5.11. The molecule has 1 unspecified atom stereocenters. The summed E-state index contributed by atoms with van der Waals surface area (Å²) in [6, 6.07) is 0. The number of hydrogen-bond acceptors (Lipinski definition) is 0. The zero-order valence-corrected chi connectivity index (χ0v) is 10.1. The first kappa shape index (κ1) is 10.1. The topological polar surface area (TPSA) is 0 Å². The first-order chi connectivity index (χ1) is 3.39. The monoisotopic (exact) mass is 200 g/mol. The van der Waals surface area contributed by atoms with Gasteiger partial charge in [-0.15, -0.1) is 0 Å². The van der Waals surface area contributed by atoms with Gasteiger partial charge in [0.15, 0.2) is 0 Å². The van der Waals surface area contributed by atoms with Crippen LogP contribution in [0.15, 0.2) is 0 Å². The van der Waals surface area contributed by atoms with Crippen LogP contribution in [0.1, 0.15) is 25.7 Å². The van der Waals surface area contributed by atoms with Gasteiger partial charge in [-0.3, -0.25) is 0 Å². The maximum Gasteiger partial charge on any atom is 1.00 e. The molecule has 0 aliphatic heterocycles. The molecule has 8 heavy (non-hydrogen) atoms. The number of hydrogen-bond donors (Lipinski definition) is 0. The Balaban J connectivity index is 0.000000490. The SMILES string of the molecule is BrC1C[CH-]CCC1.[K+]. The van der Waals surface area contributed by atoms with Gasteiger partial charge in [0.05, 0.1) is 0 Å². The Morgan fingerprint density at radius 2 is 2.25 bits per heavy atom. The molecule has 1 aliphatic rings. The molecule has 0 bridgehead atoms. The summed E-state index contributed by atoms with van der Waals surface area (Å²) in [6.07, 6.45) is 7.73. The smallest absolute Gasteiger partial charge is 0.327 e. The molecule has 0 N–H and O–H groups in total. The van der Waals surface area contributed by atoms with E-state index in [9.17, 15) is 0 Å². The van der Waals surface area contributed by atoms with Gasteiger partial charge in [0, 0.05) is 0 Å². The molecule has 0 amide bonds. The molecule has 1 aliphatic carbocycles. The fourth-order valence-corrected chi connectivity index (χ4v) is 1.49. The molecule has 0 aromatic heterocycles. The van der Waals surface area contributed by atoms with Crippen molar-refractivity contribution >= 4 is 15.9 Å². The Kier molecular flexibility index (Phi) is 7.42. The van der Waals surface area contributed by atoms with Crippen LogP contribution in [0.2, 0.25) is 0 Å². The van der Waals surface area contributed by atoms with E-state index in [1.54, 1.807) is 0 Å². The van der Waals surface area contributed by atoms with Gasteiger partial charge in [-0.2, -0.15) is 12.8 Å². The summed E-state index contributed by atoms with van der Waals surface area (Å²) in [5.74, 6) is 0. The van der Waals surface area contributed by atoms with Crippen molar-refractivity contribution in [3.8, 4) is 0 Å². The fourth-order valence-electron chi connectivity index (χ4n) is 0.900. The average molecular weight is 201 g/mol. The van der Waals surface area contributed by atoms with Crippen LogP contribution in [0.5, 0.6) is 0 Å². The maximum absolute atomic E-state index is 3.56. The maximum atomic E-state index is 3.56. The molecule has 1 atom stereocenters. The van der Waals surface area contributed by atoms with E-state index < -0.39 is 0 Å². The average Bonchev–Trinajstić information content (AvgIpc) is 1.69. The number of rotatable bonds is 0. The van der Waals surface area contributed by atoms with Crippen LogP contribution in [-0.4, -0.2) is 4.83 Å². The Hall–Kier alpha value is 2.12. The summed E-state index contributed by atoms with van der Waals surface area (Å²) in [6.45, 7) is 0. The minimum absolute atomic E-state index is 0. The summed E-state index contributed by atoms with van der Waals surface area (Å²) >= 11 is 3.56. The fraction of sp³-hybridized carbons (Fsp3) is 0.833. The summed E-state index contributed by atoms with van der Waals surface area (Å²) in [7, 11) is 0. The molecule has 1 saturated carbocycles. The first-order valence-corrected chi connectivity index (χ1v) is 3.77. The standard InChI is InChI=1S/C6H10Br.K/c7-6-4-2-1-3-5-6;/h2,6H,1,3-5H2;/q-1;+1. The van der Waals surface area contributed by atoms with Crippen LogP contribution in [-0.2, 0) is 0 Å². The molecule has 0 heterocycles. The largest absolute Gasteiger partial charge is 1.00 e. The second-order valence-corrected chi connectivity index (χ2v) is 3.35. The quantitative estimate of drug-likeness (QED) is 0.282. The molecule has 42 valence electrons. The number of halogens is 1. The third-order valence-corrected chi connectivity index (χ3v) is 2.18. The van der Waals surface area contributed by atoms with E-state index in [4.69, 9.17) is 0 Å². The van der Waals surface area contributed by atoms with Crippen LogP contribution >= 0.6 is 15.9 Å². The Labute approximate surface area is 102 Å². The van der Waals surface area contributed by atoms with Crippen molar-refractivity contribution in [2.24, 2.45) is 0 Å². The first-order valence-electron chi connectivity index (χ1n) is 2.85. The summed E-state index contributed by atoms with van der Waals surface area (Å²) in [4.78, 5) is 0.793. The minimum atomic E-state index is 0. The van der Waals surface area contributed by atoms with Crippen LogP contribution in [0.25, 0.3) is 0 Å². The molecule has 0 spiro atoms. The zero-order valence-electron chi connectivity index (χ0n) is 5.36. The van der Waals surface area contributed by atoms with Gasteiger partial charge in [0.25, 0.3) is 0 Å². The van der Waals surface area contributed by atoms with Crippen molar-refractivity contribution < 1.29 is 51.4 Å². The Morgan fingerprint density at radius 3 is 2.50 bits per heavy atom. The van der Waals surface area contributed by atoms with Crippen molar-refractivity contribution in [3.63, 3.8) is 0 Å². The van der Waals surface area contributed by atoms with Gasteiger partial charge >= 0.3 is 51.4 Å². The predicted octanol–water partition coefficient (Wildman–Crippen LogP) is -0.468. The predicted molar refractivity (Wildman–Crippen MR) is 35.5 cm³/mol. The van der Waals surface area contributed by atoms with Crippen molar-refractivity contribution in [2.45, 2.75) is 30.5 Å². The summed E-state index contributed by atoms with van der Waals surface area (Å²) in [5, 5.41) is 0. The second kappa shape index (κ2) is 5.87. The Morgan fingerprint density at radius 1 is 1.50 bits per heavy atom. The number of alkyl halides is 1. The molecule has 0 radical (unpaired) electrons. The van der Waals surface area contributed by atoms with Crippen LogP contribution in [0.4, 0.5) is 0 Å². The summed E-state index contributed by atoms with van der Waals surface area (Å²) < 4.78 is 0. The molecule has 1 rings (SSSR count). The van der Waals surface area contributed by atoms with E-state index in [1.807, 2.05) is 0 Å². The molecule has 0 saturated heterocycles. The van der Waals surface area contributed by atoms with Crippen molar-refractivity contribution in [3.05, 3.63) is 6.42 Å². The van der Waals surface area contributed by atoms with E-state index >= 15 is 0 Å². The third kappa shape index (κ3) is 4.02. The van der Waals surface area contributed by atoms with Crippen molar-refractivity contribution in [1.82, 2.24) is 0 Å². The molecule has 0 aromatic carbocycles. The van der Waals surface area contributed by atoms with Crippen molar-refractivity contribution in [2.75, 3.05) is 0 Å². The van der Waals surface area contributed by atoms with Crippen LogP contribution < -0.4 is 51.4 Å². The Bertz CT molecular complexity index is 50.5. The van der Waals surface area contributed by atoms with E-state index in [-0.39, 0.29) is 51.4 Å². The molecular formula is C6H10BrK. The molecular weight excluding hydrogens is 191 g/mol. The van der Waals surface area contributed by atoms with E-state index in [2.05, 4.69) is 22.4 Å². The molecule has 2 heteroatoms. The normalized spacial score (nSPS) is 28.9. The van der Waals surface area contributed by atoms with Gasteiger partial charge in [-0.25, -0.2) is 0 Å². The van der Waals surface area contributed by atoms with E-state index in [1.165, 1.54) is 25.7 Å². The van der Waals surface area contributed by atoms with Crippen LogP contribution in [0, 0.1) is 6.42 Å².